The third-order valence-electron chi connectivity index (χ3n) is 2.88. The van der Waals surface area contributed by atoms with Gasteiger partial charge in [0.25, 0.3) is 5.91 Å². The number of amides is 1. The quantitative estimate of drug-likeness (QED) is 0.843. The fourth-order valence-corrected chi connectivity index (χ4v) is 1.89. The molecule has 5 heteroatoms. The van der Waals surface area contributed by atoms with Crippen LogP contribution in [0.2, 0.25) is 0 Å². The first kappa shape index (κ1) is 12.8. The van der Waals surface area contributed by atoms with E-state index in [4.69, 9.17) is 4.74 Å². The molecule has 18 heavy (non-hydrogen) atoms. The molecule has 1 aliphatic heterocycles. The van der Waals surface area contributed by atoms with Gasteiger partial charge in [-0.05, 0) is 32.0 Å². The number of nitrogens with one attached hydrogen (secondary N) is 2. The minimum Gasteiger partial charge on any atom is -0.481 e. The van der Waals surface area contributed by atoms with Gasteiger partial charge in [0.05, 0.1) is 0 Å². The van der Waals surface area contributed by atoms with Crippen molar-refractivity contribution in [1.29, 1.82) is 0 Å². The van der Waals surface area contributed by atoms with Crippen LogP contribution in [0.1, 0.15) is 13.3 Å². The maximum absolute atomic E-state index is 13.0. The molecule has 1 heterocycles. The molecule has 0 radical (unpaired) electrons. The summed E-state index contributed by atoms with van der Waals surface area (Å²) in [5, 5.41) is 6.06. The lowest BCUT2D eigenvalue weighted by molar-refractivity contribution is -0.127. The summed E-state index contributed by atoms with van der Waals surface area (Å²) >= 11 is 0. The van der Waals surface area contributed by atoms with Crippen LogP contribution < -0.4 is 15.4 Å². The van der Waals surface area contributed by atoms with Gasteiger partial charge in [0, 0.05) is 18.7 Å². The van der Waals surface area contributed by atoms with Gasteiger partial charge >= 0.3 is 0 Å². The van der Waals surface area contributed by atoms with Crippen LogP contribution in [0.5, 0.6) is 5.75 Å². The van der Waals surface area contributed by atoms with E-state index >= 15 is 0 Å². The Labute approximate surface area is 106 Å². The Hall–Kier alpha value is -1.62. The van der Waals surface area contributed by atoms with Crippen molar-refractivity contribution in [2.45, 2.75) is 25.5 Å². The van der Waals surface area contributed by atoms with Crippen LogP contribution in [-0.2, 0) is 4.79 Å². The van der Waals surface area contributed by atoms with Crippen LogP contribution in [0, 0.1) is 5.82 Å². The molecular formula is C13H17FN2O2. The number of rotatable bonds is 4. The summed E-state index contributed by atoms with van der Waals surface area (Å²) < 4.78 is 18.4. The Kier molecular flexibility index (Phi) is 4.15. The number of ether oxygens (including phenoxy) is 1. The first-order valence-electron chi connectivity index (χ1n) is 6.08. The highest BCUT2D eigenvalue weighted by atomic mass is 19.1. The Morgan fingerprint density at radius 2 is 2.44 bits per heavy atom. The van der Waals surface area contributed by atoms with E-state index in [-0.39, 0.29) is 17.8 Å². The normalized spacial score (nSPS) is 20.4. The van der Waals surface area contributed by atoms with E-state index < -0.39 is 6.10 Å². The molecule has 1 saturated heterocycles. The maximum atomic E-state index is 13.0. The van der Waals surface area contributed by atoms with Crippen molar-refractivity contribution in [3.05, 3.63) is 30.1 Å². The van der Waals surface area contributed by atoms with E-state index in [1.807, 2.05) is 0 Å². The monoisotopic (exact) mass is 252 g/mol. The van der Waals surface area contributed by atoms with Gasteiger partial charge in [-0.25, -0.2) is 4.39 Å². The molecule has 1 fully saturated rings. The minimum atomic E-state index is -0.632. The van der Waals surface area contributed by atoms with Crippen molar-refractivity contribution in [2.24, 2.45) is 0 Å². The van der Waals surface area contributed by atoms with Gasteiger partial charge in [-0.3, -0.25) is 4.79 Å². The van der Waals surface area contributed by atoms with Crippen molar-refractivity contribution in [3.63, 3.8) is 0 Å². The van der Waals surface area contributed by atoms with Crippen molar-refractivity contribution in [3.8, 4) is 5.75 Å². The van der Waals surface area contributed by atoms with Gasteiger partial charge in [-0.2, -0.15) is 0 Å². The highest BCUT2D eigenvalue weighted by molar-refractivity contribution is 5.81. The topological polar surface area (TPSA) is 50.4 Å². The van der Waals surface area contributed by atoms with Crippen molar-refractivity contribution in [2.75, 3.05) is 13.1 Å². The van der Waals surface area contributed by atoms with Crippen LogP contribution in [0.4, 0.5) is 4.39 Å². The summed E-state index contributed by atoms with van der Waals surface area (Å²) in [6.07, 6.45) is 0.297. The number of hydrogen-bond donors (Lipinski definition) is 2. The Balaban J connectivity index is 1.86. The van der Waals surface area contributed by atoms with Crippen molar-refractivity contribution < 1.29 is 13.9 Å². The second kappa shape index (κ2) is 5.82. The predicted molar refractivity (Wildman–Crippen MR) is 65.9 cm³/mol. The van der Waals surface area contributed by atoms with Gasteiger partial charge in [0.15, 0.2) is 6.10 Å². The molecule has 0 spiro atoms. The molecule has 1 aromatic carbocycles. The predicted octanol–water partition coefficient (Wildman–Crippen LogP) is 1.07. The Morgan fingerprint density at radius 3 is 3.11 bits per heavy atom. The third-order valence-corrected chi connectivity index (χ3v) is 2.88. The molecule has 2 rings (SSSR count). The average Bonchev–Trinajstić information content (AvgIpc) is 2.81. The van der Waals surface area contributed by atoms with Gasteiger partial charge in [0.2, 0.25) is 0 Å². The molecule has 1 amide bonds. The SMILES string of the molecule is CC(Oc1cccc(F)c1)C(=O)NC1CCNC1. The van der Waals surface area contributed by atoms with E-state index in [1.165, 1.54) is 12.1 Å². The van der Waals surface area contributed by atoms with Gasteiger partial charge in [0.1, 0.15) is 11.6 Å². The lowest BCUT2D eigenvalue weighted by Gasteiger charge is -2.17. The molecular weight excluding hydrogens is 235 g/mol. The summed E-state index contributed by atoms with van der Waals surface area (Å²) in [6.45, 7) is 3.37. The lowest BCUT2D eigenvalue weighted by atomic mass is 10.2. The average molecular weight is 252 g/mol. The molecule has 0 aliphatic carbocycles. The summed E-state index contributed by atoms with van der Waals surface area (Å²) in [5.41, 5.74) is 0. The summed E-state index contributed by atoms with van der Waals surface area (Å²) in [7, 11) is 0. The van der Waals surface area contributed by atoms with Crippen LogP contribution in [0.25, 0.3) is 0 Å². The second-order valence-corrected chi connectivity index (χ2v) is 4.42. The minimum absolute atomic E-state index is 0.163. The smallest absolute Gasteiger partial charge is 0.261 e. The van der Waals surface area contributed by atoms with Crippen LogP contribution in [0.15, 0.2) is 24.3 Å². The summed E-state index contributed by atoms with van der Waals surface area (Å²) in [5.74, 6) is -0.185. The highest BCUT2D eigenvalue weighted by Gasteiger charge is 2.21. The second-order valence-electron chi connectivity index (χ2n) is 4.42. The van der Waals surface area contributed by atoms with E-state index in [0.29, 0.717) is 5.75 Å². The molecule has 2 atom stereocenters. The van der Waals surface area contributed by atoms with E-state index in [1.54, 1.807) is 19.1 Å². The van der Waals surface area contributed by atoms with Crippen molar-refractivity contribution in [1.82, 2.24) is 10.6 Å². The number of benzene rings is 1. The fraction of sp³-hybridized carbons (Fsp3) is 0.462. The molecule has 2 unspecified atom stereocenters. The highest BCUT2D eigenvalue weighted by Crippen LogP contribution is 2.14. The molecule has 1 aliphatic rings. The van der Waals surface area contributed by atoms with E-state index in [0.717, 1.165) is 19.5 Å². The Bertz CT molecular complexity index is 419. The number of carbonyl (C=O) groups is 1. The molecule has 4 nitrogen and oxygen atoms in total. The first-order valence-corrected chi connectivity index (χ1v) is 6.08. The number of carbonyl (C=O) groups excluding carboxylic acids is 1. The van der Waals surface area contributed by atoms with Crippen LogP contribution in [-0.4, -0.2) is 31.1 Å². The third kappa shape index (κ3) is 3.43. The van der Waals surface area contributed by atoms with Crippen molar-refractivity contribution >= 4 is 5.91 Å². The number of hydrogen-bond acceptors (Lipinski definition) is 3. The zero-order valence-electron chi connectivity index (χ0n) is 10.3. The summed E-state index contributed by atoms with van der Waals surface area (Å²) in [6, 6.07) is 5.94. The fourth-order valence-electron chi connectivity index (χ4n) is 1.89. The zero-order chi connectivity index (χ0) is 13.0. The Morgan fingerprint density at radius 1 is 1.61 bits per heavy atom. The maximum Gasteiger partial charge on any atom is 0.261 e. The largest absolute Gasteiger partial charge is 0.481 e. The lowest BCUT2D eigenvalue weighted by Crippen LogP contribution is -2.43. The molecule has 2 N–H and O–H groups in total. The molecule has 0 aromatic heterocycles. The van der Waals surface area contributed by atoms with Crippen LogP contribution >= 0.6 is 0 Å². The summed E-state index contributed by atoms with van der Waals surface area (Å²) in [4.78, 5) is 11.8. The standard InChI is InChI=1S/C13H17FN2O2/c1-9(13(17)16-11-5-6-15-8-11)18-12-4-2-3-10(14)7-12/h2-4,7,9,11,15H,5-6,8H2,1H3,(H,16,17). The van der Waals surface area contributed by atoms with E-state index in [9.17, 15) is 9.18 Å². The van der Waals surface area contributed by atoms with E-state index in [2.05, 4.69) is 10.6 Å². The molecule has 1 aromatic rings. The number of halogens is 1. The van der Waals surface area contributed by atoms with Gasteiger partial charge < -0.3 is 15.4 Å². The molecule has 98 valence electrons. The molecule has 0 saturated carbocycles. The van der Waals surface area contributed by atoms with Crippen LogP contribution in [0.3, 0.4) is 0 Å². The first-order chi connectivity index (χ1) is 8.65. The molecule has 0 bridgehead atoms. The van der Waals surface area contributed by atoms with Gasteiger partial charge in [-0.15, -0.1) is 0 Å². The zero-order valence-corrected chi connectivity index (χ0v) is 10.3. The van der Waals surface area contributed by atoms with Gasteiger partial charge in [-0.1, -0.05) is 6.07 Å².